The summed E-state index contributed by atoms with van der Waals surface area (Å²) in [5.41, 5.74) is 5.26. The second-order valence-electron chi connectivity index (χ2n) is 9.36. The zero-order valence-electron chi connectivity index (χ0n) is 21.7. The quantitative estimate of drug-likeness (QED) is 0.262. The molecule has 0 aliphatic carbocycles. The van der Waals surface area contributed by atoms with E-state index in [2.05, 4.69) is 44.8 Å². The lowest BCUT2D eigenvalue weighted by atomic mass is 10.0. The molecule has 0 saturated carbocycles. The largest absolute Gasteiger partial charge is 0.378 e. The summed E-state index contributed by atoms with van der Waals surface area (Å²) in [7, 11) is 1.89. The molecular weight excluding hydrogens is 510 g/mol. The first-order chi connectivity index (χ1) is 19.1. The van der Waals surface area contributed by atoms with Crippen LogP contribution < -0.4 is 15.5 Å². The van der Waals surface area contributed by atoms with E-state index in [0.717, 1.165) is 55.1 Å². The average molecular weight is 542 g/mol. The van der Waals surface area contributed by atoms with Crippen LogP contribution in [0.4, 0.5) is 22.2 Å². The Morgan fingerprint density at radius 3 is 2.51 bits per heavy atom. The number of nitrogens with zero attached hydrogens (tertiary/aromatic N) is 3. The highest BCUT2D eigenvalue weighted by atomic mass is 32.1. The van der Waals surface area contributed by atoms with Crippen LogP contribution in [0.3, 0.4) is 0 Å². The highest BCUT2D eigenvalue weighted by Crippen LogP contribution is 2.27. The van der Waals surface area contributed by atoms with Crippen molar-refractivity contribution in [1.82, 2.24) is 9.88 Å². The van der Waals surface area contributed by atoms with E-state index in [9.17, 15) is 9.59 Å². The standard InChI is InChI=1S/C30H31N5O3S/c1-34(28(22-5-3-2-4-6-22)29(37)33-30-31-13-18-39-30)20-24-19-26(8-7-23(24)21-36)32-25-9-11-27(12-10-25)35-14-16-38-17-15-35/h2-13,18-19,21,28,32H,14-17,20H2,1H3,(H,31,33,37)/t28-/m1/s1. The van der Waals surface area contributed by atoms with Crippen molar-refractivity contribution in [1.29, 1.82) is 0 Å². The summed E-state index contributed by atoms with van der Waals surface area (Å²) in [5, 5.41) is 8.74. The SMILES string of the molecule is CN(Cc1cc(Nc2ccc(N3CCOCC3)cc2)ccc1C=O)[C@@H](C(=O)Nc1nccs1)c1ccccc1. The van der Waals surface area contributed by atoms with Gasteiger partial charge in [-0.15, -0.1) is 11.3 Å². The molecule has 1 aliphatic rings. The van der Waals surface area contributed by atoms with Crippen molar-refractivity contribution < 1.29 is 14.3 Å². The molecule has 1 fully saturated rings. The number of ether oxygens (including phenoxy) is 1. The number of carbonyl (C=O) groups excluding carboxylic acids is 2. The van der Waals surface area contributed by atoms with Crippen LogP contribution in [0.1, 0.15) is 27.5 Å². The smallest absolute Gasteiger partial charge is 0.248 e. The third kappa shape index (κ3) is 6.69. The molecule has 1 atom stereocenters. The first-order valence-electron chi connectivity index (χ1n) is 12.8. The van der Waals surface area contributed by atoms with Gasteiger partial charge in [0.05, 0.1) is 13.2 Å². The summed E-state index contributed by atoms with van der Waals surface area (Å²) < 4.78 is 5.45. The molecule has 5 rings (SSSR count). The maximum atomic E-state index is 13.4. The van der Waals surface area contributed by atoms with Gasteiger partial charge >= 0.3 is 0 Å². The van der Waals surface area contributed by atoms with Crippen LogP contribution in [0.25, 0.3) is 0 Å². The van der Waals surface area contributed by atoms with E-state index in [1.165, 1.54) is 17.0 Å². The summed E-state index contributed by atoms with van der Waals surface area (Å²) in [6, 6.07) is 23.0. The van der Waals surface area contributed by atoms with Crippen molar-refractivity contribution in [2.75, 3.05) is 48.9 Å². The predicted octanol–water partition coefficient (Wildman–Crippen LogP) is 5.35. The Hall–Kier alpha value is -4.05. The van der Waals surface area contributed by atoms with Gasteiger partial charge in [-0.3, -0.25) is 14.5 Å². The van der Waals surface area contributed by atoms with Gasteiger partial charge in [0.15, 0.2) is 5.13 Å². The molecule has 1 aromatic heterocycles. The van der Waals surface area contributed by atoms with E-state index >= 15 is 0 Å². The number of amides is 1. The molecule has 9 heteroatoms. The molecule has 1 aliphatic heterocycles. The average Bonchev–Trinajstić information content (AvgIpc) is 3.48. The van der Waals surface area contributed by atoms with Crippen LogP contribution in [-0.4, -0.2) is 55.4 Å². The monoisotopic (exact) mass is 541 g/mol. The molecule has 4 aromatic rings. The predicted molar refractivity (Wildman–Crippen MR) is 156 cm³/mol. The number of aromatic nitrogens is 1. The number of likely N-dealkylation sites (N-methyl/N-ethyl adjacent to an activating group) is 1. The molecule has 2 heterocycles. The number of hydrogen-bond donors (Lipinski definition) is 2. The van der Waals surface area contributed by atoms with E-state index < -0.39 is 6.04 Å². The van der Waals surface area contributed by atoms with E-state index in [4.69, 9.17) is 4.74 Å². The van der Waals surface area contributed by atoms with E-state index in [1.807, 2.05) is 65.9 Å². The lowest BCUT2D eigenvalue weighted by Gasteiger charge is -2.29. The third-order valence-electron chi connectivity index (χ3n) is 6.69. The highest BCUT2D eigenvalue weighted by molar-refractivity contribution is 7.13. The van der Waals surface area contributed by atoms with Gasteiger partial charge in [0.1, 0.15) is 12.3 Å². The van der Waals surface area contributed by atoms with Crippen LogP contribution in [-0.2, 0) is 16.1 Å². The molecule has 0 radical (unpaired) electrons. The van der Waals surface area contributed by atoms with E-state index in [0.29, 0.717) is 17.2 Å². The number of hydrogen-bond acceptors (Lipinski definition) is 8. The Balaban J connectivity index is 1.33. The molecule has 39 heavy (non-hydrogen) atoms. The Morgan fingerprint density at radius 1 is 1.08 bits per heavy atom. The Kier molecular flexibility index (Phi) is 8.62. The number of anilines is 4. The number of benzene rings is 3. The second kappa shape index (κ2) is 12.7. The lowest BCUT2D eigenvalue weighted by molar-refractivity contribution is -0.121. The van der Waals surface area contributed by atoms with Gasteiger partial charge in [-0.05, 0) is 60.6 Å². The fraction of sp³-hybridized carbons (Fsp3) is 0.233. The maximum Gasteiger partial charge on any atom is 0.248 e. The lowest BCUT2D eigenvalue weighted by Crippen LogP contribution is -2.36. The molecule has 0 spiro atoms. The zero-order valence-corrected chi connectivity index (χ0v) is 22.6. The highest BCUT2D eigenvalue weighted by Gasteiger charge is 2.26. The molecular formula is C30H31N5O3S. The first kappa shape index (κ1) is 26.6. The van der Waals surface area contributed by atoms with Crippen molar-refractivity contribution >= 4 is 45.7 Å². The Bertz CT molecular complexity index is 1370. The third-order valence-corrected chi connectivity index (χ3v) is 7.38. The fourth-order valence-electron chi connectivity index (χ4n) is 4.74. The van der Waals surface area contributed by atoms with Gasteiger partial charge in [0.2, 0.25) is 5.91 Å². The summed E-state index contributed by atoms with van der Waals surface area (Å²) in [6.07, 6.45) is 2.52. The molecule has 3 aromatic carbocycles. The molecule has 8 nitrogen and oxygen atoms in total. The summed E-state index contributed by atoms with van der Waals surface area (Å²) in [5.74, 6) is -0.180. The molecule has 1 saturated heterocycles. The number of carbonyl (C=O) groups is 2. The first-order valence-corrected chi connectivity index (χ1v) is 13.7. The van der Waals surface area contributed by atoms with Crippen LogP contribution in [0.5, 0.6) is 0 Å². The minimum atomic E-state index is -0.570. The second-order valence-corrected chi connectivity index (χ2v) is 10.3. The van der Waals surface area contributed by atoms with Crippen molar-refractivity contribution in [3.63, 3.8) is 0 Å². The topological polar surface area (TPSA) is 86.8 Å². The Morgan fingerprint density at radius 2 is 1.82 bits per heavy atom. The maximum absolute atomic E-state index is 13.4. The normalized spacial score (nSPS) is 14.2. The fourth-order valence-corrected chi connectivity index (χ4v) is 5.27. The van der Waals surface area contributed by atoms with Crippen molar-refractivity contribution in [2.45, 2.75) is 12.6 Å². The van der Waals surface area contributed by atoms with Crippen LogP contribution >= 0.6 is 11.3 Å². The number of nitrogens with one attached hydrogen (secondary N) is 2. The van der Waals surface area contributed by atoms with Crippen molar-refractivity contribution in [3.05, 3.63) is 101 Å². The van der Waals surface area contributed by atoms with Gasteiger partial charge in [-0.25, -0.2) is 4.98 Å². The number of thiazole rings is 1. The van der Waals surface area contributed by atoms with Gasteiger partial charge in [0, 0.05) is 53.8 Å². The number of morpholine rings is 1. The van der Waals surface area contributed by atoms with Crippen LogP contribution in [0.15, 0.2) is 84.4 Å². The molecule has 0 bridgehead atoms. The number of rotatable bonds is 10. The minimum absolute atomic E-state index is 0.180. The van der Waals surface area contributed by atoms with Crippen LogP contribution in [0.2, 0.25) is 0 Å². The molecule has 2 N–H and O–H groups in total. The summed E-state index contributed by atoms with van der Waals surface area (Å²) >= 11 is 1.37. The molecule has 0 unspecified atom stereocenters. The molecule has 200 valence electrons. The van der Waals surface area contributed by atoms with Gasteiger partial charge in [0.25, 0.3) is 0 Å². The van der Waals surface area contributed by atoms with Crippen molar-refractivity contribution in [3.8, 4) is 0 Å². The number of aldehydes is 1. The molecule has 1 amide bonds. The van der Waals surface area contributed by atoms with Gasteiger partial charge in [-0.2, -0.15) is 0 Å². The van der Waals surface area contributed by atoms with E-state index in [1.54, 1.807) is 6.20 Å². The Labute approximate surface area is 232 Å². The van der Waals surface area contributed by atoms with E-state index in [-0.39, 0.29) is 5.91 Å². The van der Waals surface area contributed by atoms with Gasteiger partial charge in [-0.1, -0.05) is 30.3 Å². The summed E-state index contributed by atoms with van der Waals surface area (Å²) in [6.45, 7) is 3.67. The van der Waals surface area contributed by atoms with Gasteiger partial charge < -0.3 is 20.3 Å². The van der Waals surface area contributed by atoms with Crippen molar-refractivity contribution in [2.24, 2.45) is 0 Å². The minimum Gasteiger partial charge on any atom is -0.378 e. The van der Waals surface area contributed by atoms with Crippen LogP contribution in [0, 0.1) is 0 Å². The summed E-state index contributed by atoms with van der Waals surface area (Å²) in [4.78, 5) is 33.7. The zero-order chi connectivity index (χ0) is 27.0.